The van der Waals surface area contributed by atoms with E-state index in [1.54, 1.807) is 0 Å². The van der Waals surface area contributed by atoms with Gasteiger partial charge < -0.3 is 11.1 Å². The number of nitrogens with one attached hydrogen (secondary N) is 1. The highest BCUT2D eigenvalue weighted by Crippen LogP contribution is 2.00. The van der Waals surface area contributed by atoms with Gasteiger partial charge in [-0.2, -0.15) is 0 Å². The number of hydrogen-bond acceptors (Lipinski definition) is 4. The highest BCUT2D eigenvalue weighted by atomic mass is 35.5. The zero-order chi connectivity index (χ0) is 10.6. The average molecular weight is 215 g/mol. The molecule has 3 N–H and O–H groups in total. The molecule has 7 heteroatoms. The van der Waals surface area contributed by atoms with Gasteiger partial charge in [0.1, 0.15) is 10.8 Å². The molecule has 0 radical (unpaired) electrons. The van der Waals surface area contributed by atoms with Gasteiger partial charge in [0, 0.05) is 0 Å². The highest BCUT2D eigenvalue weighted by molar-refractivity contribution is 6.29. The van der Waals surface area contributed by atoms with Crippen molar-refractivity contribution < 1.29 is 9.59 Å². The lowest BCUT2D eigenvalue weighted by atomic mass is 10.4. The molecule has 2 amide bonds. The predicted octanol–water partition coefficient (Wildman–Crippen LogP) is -0.655. The number of nitrogens with zero attached hydrogens (tertiary/aromatic N) is 2. The minimum absolute atomic E-state index is 0.0793. The molecule has 0 aromatic carbocycles. The number of nitrogens with two attached hydrogens (primary N) is 1. The third kappa shape index (κ3) is 2.98. The lowest BCUT2D eigenvalue weighted by Gasteiger charge is -2.00. The molecule has 0 aliphatic carbocycles. The van der Waals surface area contributed by atoms with Gasteiger partial charge in [-0.05, 0) is 0 Å². The first-order chi connectivity index (χ1) is 6.59. The Balaban J connectivity index is 2.61. The maximum absolute atomic E-state index is 11.2. The van der Waals surface area contributed by atoms with E-state index in [1.807, 2.05) is 0 Å². The van der Waals surface area contributed by atoms with Crippen LogP contribution >= 0.6 is 11.6 Å². The fraction of sp³-hybridized carbons (Fsp3) is 0.143. The van der Waals surface area contributed by atoms with Crippen LogP contribution in [0.5, 0.6) is 0 Å². The molecule has 0 saturated carbocycles. The van der Waals surface area contributed by atoms with Crippen LogP contribution in [0.25, 0.3) is 0 Å². The maximum atomic E-state index is 11.2. The number of carbonyl (C=O) groups excluding carboxylic acids is 2. The van der Waals surface area contributed by atoms with Gasteiger partial charge in [0.05, 0.1) is 18.9 Å². The van der Waals surface area contributed by atoms with Gasteiger partial charge in [-0.1, -0.05) is 11.6 Å². The zero-order valence-electron chi connectivity index (χ0n) is 7.03. The van der Waals surface area contributed by atoms with E-state index in [2.05, 4.69) is 15.3 Å². The van der Waals surface area contributed by atoms with E-state index in [0.29, 0.717) is 0 Å². The van der Waals surface area contributed by atoms with E-state index in [0.717, 1.165) is 0 Å². The SMILES string of the molecule is NC(=O)CNC(=O)c1cnc(Cl)cn1. The van der Waals surface area contributed by atoms with Gasteiger partial charge in [-0.25, -0.2) is 9.97 Å². The summed E-state index contributed by atoms with van der Waals surface area (Å²) in [4.78, 5) is 28.9. The fourth-order valence-corrected chi connectivity index (χ4v) is 0.785. The molecule has 1 aromatic heterocycles. The van der Waals surface area contributed by atoms with Crippen LogP contribution in [0.15, 0.2) is 12.4 Å². The number of amides is 2. The summed E-state index contributed by atoms with van der Waals surface area (Å²) in [6.07, 6.45) is 2.44. The topological polar surface area (TPSA) is 98.0 Å². The summed E-state index contributed by atoms with van der Waals surface area (Å²) in [5, 5.41) is 2.45. The van der Waals surface area contributed by atoms with E-state index in [-0.39, 0.29) is 17.4 Å². The minimum atomic E-state index is -0.625. The van der Waals surface area contributed by atoms with Crippen LogP contribution in [0.4, 0.5) is 0 Å². The third-order valence-corrected chi connectivity index (χ3v) is 1.47. The average Bonchev–Trinajstić information content (AvgIpc) is 2.15. The van der Waals surface area contributed by atoms with Crippen molar-refractivity contribution in [3.63, 3.8) is 0 Å². The minimum Gasteiger partial charge on any atom is -0.368 e. The van der Waals surface area contributed by atoms with Crippen molar-refractivity contribution in [2.24, 2.45) is 5.73 Å². The first-order valence-corrected chi connectivity index (χ1v) is 4.01. The van der Waals surface area contributed by atoms with Crippen LogP contribution in [-0.4, -0.2) is 28.3 Å². The van der Waals surface area contributed by atoms with Crippen LogP contribution in [0.2, 0.25) is 5.15 Å². The van der Waals surface area contributed by atoms with E-state index in [1.165, 1.54) is 12.4 Å². The largest absolute Gasteiger partial charge is 0.368 e. The molecule has 0 aliphatic heterocycles. The Hall–Kier alpha value is -1.69. The number of carbonyl (C=O) groups is 2. The van der Waals surface area contributed by atoms with Crippen LogP contribution in [0, 0.1) is 0 Å². The van der Waals surface area contributed by atoms with E-state index < -0.39 is 11.8 Å². The number of aromatic nitrogens is 2. The van der Waals surface area contributed by atoms with Crippen LogP contribution < -0.4 is 11.1 Å². The lowest BCUT2D eigenvalue weighted by Crippen LogP contribution is -2.33. The molecule has 0 fully saturated rings. The fourth-order valence-electron chi connectivity index (χ4n) is 0.687. The summed E-state index contributed by atoms with van der Waals surface area (Å²) >= 11 is 5.46. The van der Waals surface area contributed by atoms with Gasteiger partial charge in [0.2, 0.25) is 5.91 Å². The molecule has 0 spiro atoms. The smallest absolute Gasteiger partial charge is 0.271 e. The van der Waals surface area contributed by atoms with E-state index in [9.17, 15) is 9.59 Å². The van der Waals surface area contributed by atoms with Gasteiger partial charge in [0.25, 0.3) is 5.91 Å². The Labute approximate surface area is 84.5 Å². The van der Waals surface area contributed by atoms with E-state index >= 15 is 0 Å². The molecule has 0 unspecified atom stereocenters. The van der Waals surface area contributed by atoms with Crippen molar-refractivity contribution in [3.8, 4) is 0 Å². The summed E-state index contributed by atoms with van der Waals surface area (Å²) in [6.45, 7) is -0.233. The molecule has 0 saturated heterocycles. The Morgan fingerprint density at radius 3 is 2.64 bits per heavy atom. The van der Waals surface area contributed by atoms with Gasteiger partial charge >= 0.3 is 0 Å². The second-order valence-electron chi connectivity index (χ2n) is 2.37. The third-order valence-electron chi connectivity index (χ3n) is 1.28. The molecule has 1 heterocycles. The summed E-state index contributed by atoms with van der Waals surface area (Å²) in [5.41, 5.74) is 4.91. The monoisotopic (exact) mass is 214 g/mol. The highest BCUT2D eigenvalue weighted by Gasteiger charge is 2.07. The number of halogens is 1. The van der Waals surface area contributed by atoms with Gasteiger partial charge in [-0.15, -0.1) is 0 Å². The Morgan fingerprint density at radius 2 is 2.14 bits per heavy atom. The predicted molar refractivity (Wildman–Crippen MR) is 48.6 cm³/mol. The number of rotatable bonds is 3. The van der Waals surface area contributed by atoms with Crippen molar-refractivity contribution in [2.75, 3.05) is 6.54 Å². The summed E-state index contributed by atoms with van der Waals surface area (Å²) in [7, 11) is 0. The van der Waals surface area contributed by atoms with Gasteiger partial charge in [-0.3, -0.25) is 9.59 Å². The molecule has 0 atom stereocenters. The lowest BCUT2D eigenvalue weighted by molar-refractivity contribution is -0.117. The van der Waals surface area contributed by atoms with Gasteiger partial charge in [0.15, 0.2) is 0 Å². The van der Waals surface area contributed by atoms with Crippen LogP contribution in [-0.2, 0) is 4.79 Å². The van der Waals surface area contributed by atoms with E-state index in [4.69, 9.17) is 17.3 Å². The summed E-state index contributed by atoms with van der Waals surface area (Å²) in [5.74, 6) is -1.15. The Bertz CT molecular complexity index is 351. The van der Waals surface area contributed by atoms with Crippen LogP contribution in [0.3, 0.4) is 0 Å². The van der Waals surface area contributed by atoms with Crippen LogP contribution in [0.1, 0.15) is 10.5 Å². The molecule has 1 rings (SSSR count). The zero-order valence-corrected chi connectivity index (χ0v) is 7.78. The molecule has 1 aromatic rings. The number of hydrogen-bond donors (Lipinski definition) is 2. The van der Waals surface area contributed by atoms with Crippen molar-refractivity contribution >= 4 is 23.4 Å². The quantitative estimate of drug-likeness (QED) is 0.698. The molecular weight excluding hydrogens is 208 g/mol. The molecule has 0 bridgehead atoms. The first-order valence-electron chi connectivity index (χ1n) is 3.63. The van der Waals surface area contributed by atoms with Crippen molar-refractivity contribution in [1.82, 2.24) is 15.3 Å². The normalized spacial score (nSPS) is 9.50. The summed E-state index contributed by atoms with van der Waals surface area (Å²) in [6, 6.07) is 0. The second kappa shape index (κ2) is 4.52. The molecule has 0 aliphatic rings. The van der Waals surface area contributed by atoms with Crippen molar-refractivity contribution in [2.45, 2.75) is 0 Å². The molecule has 14 heavy (non-hydrogen) atoms. The Morgan fingerprint density at radius 1 is 1.43 bits per heavy atom. The standard InChI is InChI=1S/C7H7ClN4O2/c8-5-2-10-4(1-11-5)7(14)12-3-6(9)13/h1-2H,3H2,(H2,9,13)(H,12,14). The first kappa shape index (κ1) is 10.4. The second-order valence-corrected chi connectivity index (χ2v) is 2.76. The van der Waals surface area contributed by atoms with Crippen molar-refractivity contribution in [3.05, 3.63) is 23.2 Å². The maximum Gasteiger partial charge on any atom is 0.271 e. The Kier molecular flexibility index (Phi) is 3.35. The molecule has 6 nitrogen and oxygen atoms in total. The number of primary amides is 1. The summed E-state index contributed by atoms with van der Waals surface area (Å²) < 4.78 is 0. The molecule has 74 valence electrons. The van der Waals surface area contributed by atoms with Crippen molar-refractivity contribution in [1.29, 1.82) is 0 Å². The molecular formula is C7H7ClN4O2.